The van der Waals surface area contributed by atoms with Crippen LogP contribution in [-0.4, -0.2) is 43.1 Å². The van der Waals surface area contributed by atoms with E-state index >= 15 is 0 Å². The van der Waals surface area contributed by atoms with Gasteiger partial charge >= 0.3 is 8.80 Å². The Morgan fingerprint density at radius 2 is 1.75 bits per heavy atom. The summed E-state index contributed by atoms with van der Waals surface area (Å²) in [7, 11) is 4.24. The molecule has 0 rings (SSSR count). The topological polar surface area (TPSA) is 56.8 Å². The Hall–Kier alpha value is -0.693. The highest BCUT2D eigenvalue weighted by Gasteiger charge is 2.36. The molecule has 96 valence electrons. The van der Waals surface area contributed by atoms with Gasteiger partial charge in [0, 0.05) is 34.4 Å². The van der Waals surface area contributed by atoms with Gasteiger partial charge in [0.25, 0.3) is 0 Å². The number of hydrogen-bond donors (Lipinski definition) is 1. The van der Waals surface area contributed by atoms with Crippen LogP contribution >= 0.6 is 0 Å². The average molecular weight is 249 g/mol. The Labute approximate surface area is 99.1 Å². The highest BCUT2D eigenvalue weighted by Crippen LogP contribution is 2.13. The molecule has 0 saturated carbocycles. The molecule has 0 radical (unpaired) electrons. The van der Waals surface area contributed by atoms with Gasteiger partial charge in [0.2, 0.25) is 5.91 Å². The van der Waals surface area contributed by atoms with Gasteiger partial charge in [-0.05, 0) is 6.08 Å². The van der Waals surface area contributed by atoms with E-state index < -0.39 is 8.80 Å². The molecule has 0 aliphatic carbocycles. The number of nitrogens with one attached hydrogen (secondary N) is 1. The quantitative estimate of drug-likeness (QED) is 0.567. The summed E-state index contributed by atoms with van der Waals surface area (Å²) in [5, 5.41) is 2.36. The van der Waals surface area contributed by atoms with Crippen molar-refractivity contribution in [3.8, 4) is 0 Å². The zero-order valence-electron chi connectivity index (χ0n) is 10.8. The lowest BCUT2D eigenvalue weighted by atomic mass is 10.6. The summed E-state index contributed by atoms with van der Waals surface area (Å²) in [6.07, 6.45) is 2.25. The molecule has 0 saturated heterocycles. The van der Waals surface area contributed by atoms with E-state index in [1.165, 1.54) is 6.08 Å². The molecule has 0 unspecified atom stereocenters. The lowest BCUT2D eigenvalue weighted by Crippen LogP contribution is -2.42. The van der Waals surface area contributed by atoms with Crippen molar-refractivity contribution in [1.29, 1.82) is 0 Å². The molecule has 6 heteroatoms. The van der Waals surface area contributed by atoms with Gasteiger partial charge in [-0.25, -0.2) is 0 Å². The van der Waals surface area contributed by atoms with Crippen molar-refractivity contribution in [3.05, 3.63) is 12.7 Å². The summed E-state index contributed by atoms with van der Waals surface area (Å²) in [5.41, 5.74) is 0. The number of rotatable bonds is 6. The van der Waals surface area contributed by atoms with Gasteiger partial charge < -0.3 is 18.6 Å². The summed E-state index contributed by atoms with van der Waals surface area (Å²) in [5.74, 6) is -0.144. The summed E-state index contributed by atoms with van der Waals surface area (Å²) >= 11 is 0. The predicted molar refractivity (Wildman–Crippen MR) is 66.1 cm³/mol. The van der Waals surface area contributed by atoms with Gasteiger partial charge in [-0.1, -0.05) is 19.9 Å². The molecule has 0 aliphatic rings. The zero-order chi connectivity index (χ0) is 13.0. The molecule has 0 heterocycles. The highest BCUT2D eigenvalue weighted by molar-refractivity contribution is 6.60. The van der Waals surface area contributed by atoms with E-state index in [0.717, 1.165) is 12.5 Å². The first-order valence-corrected chi connectivity index (χ1v) is 6.98. The fraction of sp³-hybridized carbons (Fsp3) is 0.700. The maximum absolute atomic E-state index is 9.95. The smallest absolute Gasteiger partial charge is 0.377 e. The molecule has 1 amide bonds. The minimum absolute atomic E-state index is 0.144. The second-order valence-electron chi connectivity index (χ2n) is 2.86. The van der Waals surface area contributed by atoms with Crippen molar-refractivity contribution in [2.24, 2.45) is 0 Å². The third kappa shape index (κ3) is 7.58. The van der Waals surface area contributed by atoms with Crippen LogP contribution in [0.3, 0.4) is 0 Å². The van der Waals surface area contributed by atoms with E-state index in [-0.39, 0.29) is 5.91 Å². The third-order valence-electron chi connectivity index (χ3n) is 1.92. The summed E-state index contributed by atoms with van der Waals surface area (Å²) in [6, 6.07) is 0.885. The molecule has 0 aromatic heterocycles. The van der Waals surface area contributed by atoms with E-state index in [1.807, 2.05) is 0 Å². The van der Waals surface area contributed by atoms with Crippen molar-refractivity contribution in [3.63, 3.8) is 0 Å². The van der Waals surface area contributed by atoms with Crippen molar-refractivity contribution in [2.75, 3.05) is 28.4 Å². The Morgan fingerprint density at radius 3 is 1.81 bits per heavy atom. The van der Waals surface area contributed by atoms with E-state index in [2.05, 4.69) is 18.8 Å². The molecule has 0 bridgehead atoms. The molecule has 0 aromatic rings. The molecule has 0 spiro atoms. The standard InChI is InChI=1S/C6H16O3Si.C4H7NO/c1-5-6-10(7-2,8-3)9-4;1-3-4(6)5-2/h5-6H2,1-4H3;3H,1H2,2H3,(H,5,6). The largest absolute Gasteiger partial charge is 0.500 e. The Balaban J connectivity index is 0. The summed E-state index contributed by atoms with van der Waals surface area (Å²) in [6.45, 7) is 5.30. The van der Waals surface area contributed by atoms with Crippen LogP contribution in [-0.2, 0) is 18.1 Å². The van der Waals surface area contributed by atoms with Crippen LogP contribution < -0.4 is 5.32 Å². The number of amides is 1. The molecule has 0 atom stereocenters. The van der Waals surface area contributed by atoms with Crippen molar-refractivity contribution in [1.82, 2.24) is 5.32 Å². The minimum atomic E-state index is -2.22. The lowest BCUT2D eigenvalue weighted by molar-refractivity contribution is -0.116. The highest BCUT2D eigenvalue weighted by atomic mass is 28.4. The molecule has 0 aliphatic heterocycles. The number of carbonyl (C=O) groups is 1. The molecular formula is C10H23NO4Si. The molecule has 1 N–H and O–H groups in total. The number of likely N-dealkylation sites (N-methyl/N-ethyl adjacent to an activating group) is 1. The molecule has 16 heavy (non-hydrogen) atoms. The Kier molecular flexibility index (Phi) is 12.0. The van der Waals surface area contributed by atoms with E-state index in [0.29, 0.717) is 0 Å². The van der Waals surface area contributed by atoms with Crippen molar-refractivity contribution >= 4 is 14.7 Å². The van der Waals surface area contributed by atoms with Gasteiger partial charge in [0.15, 0.2) is 0 Å². The zero-order valence-corrected chi connectivity index (χ0v) is 11.8. The second kappa shape index (κ2) is 10.8. The second-order valence-corrected chi connectivity index (χ2v) is 5.95. The Morgan fingerprint density at radius 1 is 1.31 bits per heavy atom. The van der Waals surface area contributed by atoms with Crippen LogP contribution in [0.25, 0.3) is 0 Å². The first-order valence-electron chi connectivity index (χ1n) is 5.05. The van der Waals surface area contributed by atoms with Gasteiger partial charge in [-0.2, -0.15) is 0 Å². The van der Waals surface area contributed by atoms with Crippen LogP contribution in [0, 0.1) is 0 Å². The van der Waals surface area contributed by atoms with Crippen LogP contribution in [0.1, 0.15) is 13.3 Å². The maximum Gasteiger partial charge on any atom is 0.500 e. The van der Waals surface area contributed by atoms with E-state index in [4.69, 9.17) is 13.3 Å². The monoisotopic (exact) mass is 249 g/mol. The predicted octanol–water partition coefficient (Wildman–Crippen LogP) is 1.19. The van der Waals surface area contributed by atoms with Crippen LogP contribution in [0.5, 0.6) is 0 Å². The number of carbonyl (C=O) groups excluding carboxylic acids is 1. The van der Waals surface area contributed by atoms with Crippen molar-refractivity contribution < 1.29 is 18.1 Å². The minimum Gasteiger partial charge on any atom is -0.377 e. The number of hydrogen-bond acceptors (Lipinski definition) is 4. The molecular weight excluding hydrogens is 226 g/mol. The normalized spacial score (nSPS) is 10.1. The first kappa shape index (κ1) is 17.7. The van der Waals surface area contributed by atoms with Gasteiger partial charge in [0.05, 0.1) is 0 Å². The third-order valence-corrected chi connectivity index (χ3v) is 4.90. The van der Waals surface area contributed by atoms with Crippen LogP contribution in [0.4, 0.5) is 0 Å². The SMILES string of the molecule is C=CC(=O)NC.CCC[Si](OC)(OC)OC. The van der Waals surface area contributed by atoms with Crippen LogP contribution in [0.2, 0.25) is 6.04 Å². The molecule has 0 aromatic carbocycles. The van der Waals surface area contributed by atoms with Crippen LogP contribution in [0.15, 0.2) is 12.7 Å². The first-order chi connectivity index (χ1) is 7.55. The molecule has 0 fully saturated rings. The summed E-state index contributed by atoms with van der Waals surface area (Å²) < 4.78 is 15.5. The molecule has 5 nitrogen and oxygen atoms in total. The van der Waals surface area contributed by atoms with Gasteiger partial charge in [-0.15, -0.1) is 0 Å². The van der Waals surface area contributed by atoms with E-state index in [1.54, 1.807) is 28.4 Å². The maximum atomic E-state index is 9.95. The average Bonchev–Trinajstić information content (AvgIpc) is 2.36. The summed E-state index contributed by atoms with van der Waals surface area (Å²) in [4.78, 5) is 9.95. The van der Waals surface area contributed by atoms with Gasteiger partial charge in [-0.3, -0.25) is 4.79 Å². The Bertz CT molecular complexity index is 187. The fourth-order valence-corrected chi connectivity index (χ4v) is 2.69. The van der Waals surface area contributed by atoms with Crippen molar-refractivity contribution in [2.45, 2.75) is 19.4 Å². The van der Waals surface area contributed by atoms with E-state index in [9.17, 15) is 4.79 Å². The lowest BCUT2D eigenvalue weighted by Gasteiger charge is -2.23. The fourth-order valence-electron chi connectivity index (χ4n) is 0.964. The van der Waals surface area contributed by atoms with Gasteiger partial charge in [0.1, 0.15) is 0 Å².